The Morgan fingerprint density at radius 3 is 2.57 bits per heavy atom. The summed E-state index contributed by atoms with van der Waals surface area (Å²) >= 11 is 1.68. The molecule has 1 saturated heterocycles. The van der Waals surface area contributed by atoms with Gasteiger partial charge >= 0.3 is 0 Å². The Labute approximate surface area is 179 Å². The van der Waals surface area contributed by atoms with Crippen molar-refractivity contribution in [3.8, 4) is 11.5 Å². The first kappa shape index (κ1) is 20.2. The molecule has 0 spiro atoms. The number of rotatable bonds is 5. The predicted molar refractivity (Wildman–Crippen MR) is 120 cm³/mol. The second-order valence-electron chi connectivity index (χ2n) is 7.03. The number of amides is 1. The minimum absolute atomic E-state index is 0.00338. The number of ether oxygens (including phenoxy) is 2. The van der Waals surface area contributed by atoms with Crippen LogP contribution in [-0.2, 0) is 4.79 Å². The summed E-state index contributed by atoms with van der Waals surface area (Å²) in [4.78, 5) is 27.8. The van der Waals surface area contributed by atoms with Gasteiger partial charge in [0.05, 0.1) is 19.6 Å². The van der Waals surface area contributed by atoms with Crippen LogP contribution >= 0.6 is 11.3 Å². The summed E-state index contributed by atoms with van der Waals surface area (Å²) in [5, 5.41) is 1.09. The van der Waals surface area contributed by atoms with Crippen molar-refractivity contribution in [1.29, 1.82) is 0 Å². The number of thiophene rings is 1. The van der Waals surface area contributed by atoms with Crippen LogP contribution in [0.15, 0.2) is 36.7 Å². The fourth-order valence-electron chi connectivity index (χ4n) is 3.58. The predicted octanol–water partition coefficient (Wildman–Crippen LogP) is 3.38. The quantitative estimate of drug-likeness (QED) is 0.585. The molecule has 1 amide bonds. The lowest BCUT2D eigenvalue weighted by Gasteiger charge is -2.35. The highest BCUT2D eigenvalue weighted by molar-refractivity contribution is 7.18. The Morgan fingerprint density at radius 1 is 1.07 bits per heavy atom. The summed E-state index contributed by atoms with van der Waals surface area (Å²) in [6.07, 6.45) is 5.04. The number of fused-ring (bicyclic) bond motifs is 1. The van der Waals surface area contributed by atoms with Crippen LogP contribution in [0.1, 0.15) is 10.4 Å². The number of hydrogen-bond acceptors (Lipinski definition) is 7. The van der Waals surface area contributed by atoms with E-state index in [-0.39, 0.29) is 5.91 Å². The van der Waals surface area contributed by atoms with E-state index in [4.69, 9.17) is 9.47 Å². The van der Waals surface area contributed by atoms with Crippen LogP contribution < -0.4 is 14.4 Å². The average molecular weight is 425 g/mol. The number of nitrogens with zero attached hydrogens (tertiary/aromatic N) is 4. The average Bonchev–Trinajstić information content (AvgIpc) is 3.17. The number of aromatic nitrogens is 2. The summed E-state index contributed by atoms with van der Waals surface area (Å²) in [5.74, 6) is 2.26. The van der Waals surface area contributed by atoms with Gasteiger partial charge in [0, 0.05) is 37.1 Å². The molecule has 0 N–H and O–H groups in total. The van der Waals surface area contributed by atoms with Crippen LogP contribution in [0.3, 0.4) is 0 Å². The van der Waals surface area contributed by atoms with Crippen LogP contribution in [0, 0.1) is 6.92 Å². The van der Waals surface area contributed by atoms with Crippen molar-refractivity contribution in [1.82, 2.24) is 14.9 Å². The molecule has 0 atom stereocenters. The molecule has 3 heterocycles. The molecule has 0 saturated carbocycles. The van der Waals surface area contributed by atoms with Gasteiger partial charge < -0.3 is 19.3 Å². The molecule has 30 heavy (non-hydrogen) atoms. The number of carbonyl (C=O) groups is 1. The molecule has 1 aliphatic rings. The van der Waals surface area contributed by atoms with E-state index in [1.165, 1.54) is 4.88 Å². The zero-order valence-electron chi connectivity index (χ0n) is 17.3. The van der Waals surface area contributed by atoms with E-state index in [9.17, 15) is 4.79 Å². The molecule has 1 aliphatic heterocycles. The third-order valence-corrected chi connectivity index (χ3v) is 6.11. The minimum Gasteiger partial charge on any atom is -0.493 e. The van der Waals surface area contributed by atoms with E-state index in [2.05, 4.69) is 27.9 Å². The van der Waals surface area contributed by atoms with Crippen LogP contribution in [0.25, 0.3) is 16.3 Å². The fourth-order valence-corrected chi connectivity index (χ4v) is 4.43. The van der Waals surface area contributed by atoms with E-state index in [0.29, 0.717) is 24.6 Å². The number of hydrogen-bond donors (Lipinski definition) is 0. The molecule has 1 fully saturated rings. The third-order valence-electron chi connectivity index (χ3n) is 5.15. The molecule has 0 radical (unpaired) electrons. The Bertz CT molecular complexity index is 1090. The first-order chi connectivity index (χ1) is 14.6. The van der Waals surface area contributed by atoms with Gasteiger partial charge in [-0.25, -0.2) is 9.97 Å². The molecule has 3 aromatic rings. The Balaban J connectivity index is 1.40. The van der Waals surface area contributed by atoms with Gasteiger partial charge in [-0.2, -0.15) is 0 Å². The number of anilines is 1. The molecule has 0 bridgehead atoms. The maximum atomic E-state index is 12.6. The Hall–Kier alpha value is -3.13. The van der Waals surface area contributed by atoms with Crippen molar-refractivity contribution >= 4 is 39.4 Å². The summed E-state index contributed by atoms with van der Waals surface area (Å²) in [7, 11) is 3.20. The fraction of sp³-hybridized carbons (Fsp3) is 0.318. The number of methoxy groups -OCH3 is 2. The monoisotopic (exact) mass is 424 g/mol. The smallest absolute Gasteiger partial charge is 0.246 e. The van der Waals surface area contributed by atoms with Gasteiger partial charge in [0.2, 0.25) is 5.91 Å². The van der Waals surface area contributed by atoms with Gasteiger partial charge in [0.1, 0.15) is 17.0 Å². The van der Waals surface area contributed by atoms with Crippen LogP contribution in [0.4, 0.5) is 5.82 Å². The first-order valence-electron chi connectivity index (χ1n) is 9.74. The van der Waals surface area contributed by atoms with Crippen molar-refractivity contribution in [3.05, 3.63) is 47.1 Å². The summed E-state index contributed by atoms with van der Waals surface area (Å²) < 4.78 is 10.6. The Morgan fingerprint density at radius 2 is 1.83 bits per heavy atom. The highest BCUT2D eigenvalue weighted by atomic mass is 32.1. The largest absolute Gasteiger partial charge is 0.493 e. The zero-order valence-corrected chi connectivity index (χ0v) is 18.1. The van der Waals surface area contributed by atoms with E-state index >= 15 is 0 Å². The molecule has 1 aromatic carbocycles. The molecular formula is C22H24N4O3S. The van der Waals surface area contributed by atoms with Crippen LogP contribution in [0.2, 0.25) is 0 Å². The van der Waals surface area contributed by atoms with Crippen molar-refractivity contribution in [3.63, 3.8) is 0 Å². The van der Waals surface area contributed by atoms with Crippen molar-refractivity contribution in [2.24, 2.45) is 0 Å². The van der Waals surface area contributed by atoms with Gasteiger partial charge in [-0.15, -0.1) is 11.3 Å². The normalized spacial score (nSPS) is 14.5. The van der Waals surface area contributed by atoms with E-state index in [1.807, 2.05) is 23.1 Å². The molecule has 8 heteroatoms. The number of piperazine rings is 1. The molecule has 156 valence electrons. The maximum absolute atomic E-state index is 12.6. The van der Waals surface area contributed by atoms with Gasteiger partial charge in [0.25, 0.3) is 0 Å². The molecule has 0 unspecified atom stereocenters. The maximum Gasteiger partial charge on any atom is 0.246 e. The molecule has 0 aliphatic carbocycles. The molecule has 7 nitrogen and oxygen atoms in total. The van der Waals surface area contributed by atoms with Gasteiger partial charge in [0.15, 0.2) is 11.5 Å². The van der Waals surface area contributed by atoms with E-state index in [0.717, 1.165) is 34.7 Å². The number of carbonyl (C=O) groups excluding carboxylic acids is 1. The lowest BCUT2D eigenvalue weighted by Crippen LogP contribution is -2.48. The lowest BCUT2D eigenvalue weighted by molar-refractivity contribution is -0.126. The number of aryl methyl sites for hydroxylation is 1. The summed E-state index contributed by atoms with van der Waals surface area (Å²) in [6.45, 7) is 4.89. The van der Waals surface area contributed by atoms with E-state index in [1.54, 1.807) is 44.0 Å². The standard InChI is InChI=1S/C22H24N4O3S/c1-15-12-17-21(23-14-24-22(17)30-15)26-10-8-25(9-11-26)20(27)7-5-16-4-6-18(28-2)19(13-16)29-3/h4-7,12-14H,8-11H2,1-3H3/b7-5+. The van der Waals surface area contributed by atoms with Crippen molar-refractivity contribution < 1.29 is 14.3 Å². The molecular weight excluding hydrogens is 400 g/mol. The second-order valence-corrected chi connectivity index (χ2v) is 8.27. The summed E-state index contributed by atoms with van der Waals surface area (Å²) in [5.41, 5.74) is 0.885. The van der Waals surface area contributed by atoms with Crippen molar-refractivity contribution in [2.75, 3.05) is 45.3 Å². The van der Waals surface area contributed by atoms with Crippen molar-refractivity contribution in [2.45, 2.75) is 6.92 Å². The highest BCUT2D eigenvalue weighted by Crippen LogP contribution is 2.30. The van der Waals surface area contributed by atoms with Crippen LogP contribution in [-0.4, -0.2) is 61.2 Å². The second kappa shape index (κ2) is 8.71. The van der Waals surface area contributed by atoms with Crippen LogP contribution in [0.5, 0.6) is 11.5 Å². The topological polar surface area (TPSA) is 67.8 Å². The minimum atomic E-state index is 0.00338. The first-order valence-corrected chi connectivity index (χ1v) is 10.6. The Kier molecular flexibility index (Phi) is 5.85. The zero-order chi connectivity index (χ0) is 21.1. The third kappa shape index (κ3) is 4.09. The van der Waals surface area contributed by atoms with E-state index < -0.39 is 0 Å². The summed E-state index contributed by atoms with van der Waals surface area (Å²) in [6, 6.07) is 7.71. The molecule has 2 aromatic heterocycles. The highest BCUT2D eigenvalue weighted by Gasteiger charge is 2.22. The van der Waals surface area contributed by atoms with Gasteiger partial charge in [-0.05, 0) is 36.8 Å². The molecule has 4 rings (SSSR count). The lowest BCUT2D eigenvalue weighted by atomic mass is 10.2. The van der Waals surface area contributed by atoms with Gasteiger partial charge in [-0.3, -0.25) is 4.79 Å². The van der Waals surface area contributed by atoms with Gasteiger partial charge in [-0.1, -0.05) is 6.07 Å². The SMILES string of the molecule is COc1ccc(/C=C/C(=O)N2CCN(c3ncnc4sc(C)cc34)CC2)cc1OC. The number of benzene rings is 1.